The number of nitrogens with two attached hydrogens (primary N) is 1. The number of nitrogens with one attached hydrogen (secondary N) is 1. The zero-order valence-corrected chi connectivity index (χ0v) is 12.5. The van der Waals surface area contributed by atoms with E-state index in [1.165, 1.54) is 0 Å². The Morgan fingerprint density at radius 1 is 1.53 bits per heavy atom. The molecule has 1 atom stereocenters. The van der Waals surface area contributed by atoms with Crippen LogP contribution in [0.5, 0.6) is 0 Å². The Kier molecular flexibility index (Phi) is 6.12. The van der Waals surface area contributed by atoms with E-state index in [9.17, 15) is 4.79 Å². The molecule has 5 heteroatoms. The number of hydrogen-bond acceptors (Lipinski definition) is 3. The summed E-state index contributed by atoms with van der Waals surface area (Å²) in [6.45, 7) is 5.03. The fourth-order valence-corrected chi connectivity index (χ4v) is 1.77. The van der Waals surface area contributed by atoms with Crippen LogP contribution in [0.4, 0.5) is 11.4 Å². The highest BCUT2D eigenvalue weighted by Crippen LogP contribution is 2.22. The molecule has 1 rings (SSSR count). The van der Waals surface area contributed by atoms with Crippen molar-refractivity contribution < 1.29 is 4.79 Å². The predicted octanol–water partition coefficient (Wildman–Crippen LogP) is 2.98. The normalized spacial score (nSPS) is 12.5. The first-order valence-electron chi connectivity index (χ1n) is 6.49. The van der Waals surface area contributed by atoms with Crippen LogP contribution < -0.4 is 11.1 Å². The van der Waals surface area contributed by atoms with Crippen molar-refractivity contribution in [3.63, 3.8) is 0 Å². The van der Waals surface area contributed by atoms with E-state index < -0.39 is 0 Å². The number of benzene rings is 1. The van der Waals surface area contributed by atoms with Crippen molar-refractivity contribution in [2.75, 3.05) is 24.6 Å². The summed E-state index contributed by atoms with van der Waals surface area (Å²) in [7, 11) is 2.03. The molecule has 3 N–H and O–H groups in total. The second-order valence-electron chi connectivity index (χ2n) is 4.77. The Hall–Kier alpha value is -1.26. The molecule has 4 nitrogen and oxygen atoms in total. The van der Waals surface area contributed by atoms with Crippen molar-refractivity contribution in [1.82, 2.24) is 4.90 Å². The Bertz CT molecular complexity index is 437. The maximum Gasteiger partial charge on any atom is 0.225 e. The standard InChI is InChI=1S/C14H22ClN3O/c1-4-10(2)18(3)8-7-14(19)17-11-5-6-12(15)13(16)9-11/h5-6,9-10H,4,7-8,16H2,1-3H3,(H,17,19). The van der Waals surface area contributed by atoms with Gasteiger partial charge in [-0.05, 0) is 38.6 Å². The Morgan fingerprint density at radius 3 is 2.79 bits per heavy atom. The van der Waals surface area contributed by atoms with E-state index in [4.69, 9.17) is 17.3 Å². The average Bonchev–Trinajstić information content (AvgIpc) is 2.39. The smallest absolute Gasteiger partial charge is 0.225 e. The number of nitrogen functional groups attached to an aromatic ring is 1. The minimum absolute atomic E-state index is 0.0168. The topological polar surface area (TPSA) is 58.4 Å². The predicted molar refractivity (Wildman–Crippen MR) is 81.5 cm³/mol. The Labute approximate surface area is 119 Å². The van der Waals surface area contributed by atoms with Gasteiger partial charge in [-0.15, -0.1) is 0 Å². The van der Waals surface area contributed by atoms with Crippen LogP contribution in [0.3, 0.4) is 0 Å². The summed E-state index contributed by atoms with van der Waals surface area (Å²) in [5.41, 5.74) is 6.83. The highest BCUT2D eigenvalue weighted by atomic mass is 35.5. The summed E-state index contributed by atoms with van der Waals surface area (Å²) < 4.78 is 0. The van der Waals surface area contributed by atoms with Gasteiger partial charge in [0.15, 0.2) is 0 Å². The Morgan fingerprint density at radius 2 is 2.21 bits per heavy atom. The highest BCUT2D eigenvalue weighted by Gasteiger charge is 2.09. The van der Waals surface area contributed by atoms with Crippen LogP contribution in [0, 0.1) is 0 Å². The minimum Gasteiger partial charge on any atom is -0.397 e. The molecule has 0 aromatic heterocycles. The summed E-state index contributed by atoms with van der Waals surface area (Å²) in [6.07, 6.45) is 1.54. The molecule has 0 aliphatic carbocycles. The van der Waals surface area contributed by atoms with Crippen LogP contribution in [0.25, 0.3) is 0 Å². The van der Waals surface area contributed by atoms with Gasteiger partial charge >= 0.3 is 0 Å². The van der Waals surface area contributed by atoms with Crippen LogP contribution in [-0.4, -0.2) is 30.4 Å². The lowest BCUT2D eigenvalue weighted by Crippen LogP contribution is -2.31. The van der Waals surface area contributed by atoms with Crippen LogP contribution in [0.1, 0.15) is 26.7 Å². The first-order valence-corrected chi connectivity index (χ1v) is 6.87. The van der Waals surface area contributed by atoms with Crippen LogP contribution >= 0.6 is 11.6 Å². The molecule has 1 amide bonds. The van der Waals surface area contributed by atoms with Gasteiger partial charge in [0.25, 0.3) is 0 Å². The molecule has 106 valence electrons. The summed E-state index contributed by atoms with van der Waals surface area (Å²) >= 11 is 5.83. The molecule has 1 unspecified atom stereocenters. The van der Waals surface area contributed by atoms with Gasteiger partial charge in [0.2, 0.25) is 5.91 Å². The summed E-state index contributed by atoms with van der Waals surface area (Å²) in [5, 5.41) is 3.31. The molecule has 0 bridgehead atoms. The Balaban J connectivity index is 2.45. The zero-order chi connectivity index (χ0) is 14.4. The highest BCUT2D eigenvalue weighted by molar-refractivity contribution is 6.33. The molecule has 0 spiro atoms. The van der Waals surface area contributed by atoms with Gasteiger partial charge in [0, 0.05) is 24.7 Å². The van der Waals surface area contributed by atoms with E-state index in [2.05, 4.69) is 24.1 Å². The second kappa shape index (κ2) is 7.36. The van der Waals surface area contributed by atoms with Crippen molar-refractivity contribution >= 4 is 28.9 Å². The third kappa shape index (κ3) is 5.09. The molecular weight excluding hydrogens is 262 g/mol. The third-order valence-electron chi connectivity index (χ3n) is 3.31. The van der Waals surface area contributed by atoms with Crippen molar-refractivity contribution in [3.05, 3.63) is 23.2 Å². The maximum absolute atomic E-state index is 11.8. The van der Waals surface area contributed by atoms with Crippen molar-refractivity contribution in [3.8, 4) is 0 Å². The SMILES string of the molecule is CCC(C)N(C)CCC(=O)Nc1ccc(Cl)c(N)c1. The van der Waals surface area contributed by atoms with Crippen LogP contribution in [-0.2, 0) is 4.79 Å². The molecule has 0 saturated carbocycles. The molecule has 1 aromatic carbocycles. The zero-order valence-electron chi connectivity index (χ0n) is 11.7. The van der Waals surface area contributed by atoms with Gasteiger partial charge in [-0.25, -0.2) is 0 Å². The molecule has 1 aromatic rings. The van der Waals surface area contributed by atoms with Gasteiger partial charge in [0.1, 0.15) is 0 Å². The fraction of sp³-hybridized carbons (Fsp3) is 0.500. The van der Waals surface area contributed by atoms with E-state index in [1.807, 2.05) is 7.05 Å². The molecular formula is C14H22ClN3O. The molecule has 0 saturated heterocycles. The number of amides is 1. The second-order valence-corrected chi connectivity index (χ2v) is 5.18. The summed E-state index contributed by atoms with van der Waals surface area (Å²) in [5.74, 6) is -0.0168. The molecule has 0 radical (unpaired) electrons. The fourth-order valence-electron chi connectivity index (χ4n) is 1.65. The number of hydrogen-bond donors (Lipinski definition) is 2. The lowest BCUT2D eigenvalue weighted by molar-refractivity contribution is -0.116. The van der Waals surface area contributed by atoms with Gasteiger partial charge in [0.05, 0.1) is 10.7 Å². The van der Waals surface area contributed by atoms with Crippen molar-refractivity contribution in [2.24, 2.45) is 0 Å². The van der Waals surface area contributed by atoms with E-state index in [-0.39, 0.29) is 5.91 Å². The summed E-state index contributed by atoms with van der Waals surface area (Å²) in [6, 6.07) is 5.57. The number of anilines is 2. The number of rotatable bonds is 6. The molecule has 19 heavy (non-hydrogen) atoms. The minimum atomic E-state index is -0.0168. The lowest BCUT2D eigenvalue weighted by Gasteiger charge is -2.22. The molecule has 0 aliphatic rings. The van der Waals surface area contributed by atoms with Gasteiger partial charge < -0.3 is 16.0 Å². The van der Waals surface area contributed by atoms with E-state index in [0.29, 0.717) is 28.9 Å². The number of carbonyl (C=O) groups excluding carboxylic acids is 1. The van der Waals surface area contributed by atoms with E-state index >= 15 is 0 Å². The average molecular weight is 284 g/mol. The van der Waals surface area contributed by atoms with Crippen LogP contribution in [0.2, 0.25) is 5.02 Å². The monoisotopic (exact) mass is 283 g/mol. The molecule has 0 fully saturated rings. The molecule has 0 aliphatic heterocycles. The van der Waals surface area contributed by atoms with E-state index in [0.717, 1.165) is 13.0 Å². The number of carbonyl (C=O) groups is 1. The van der Waals surface area contributed by atoms with Crippen molar-refractivity contribution in [1.29, 1.82) is 0 Å². The first-order chi connectivity index (χ1) is 8.93. The van der Waals surface area contributed by atoms with Crippen molar-refractivity contribution in [2.45, 2.75) is 32.7 Å². The summed E-state index contributed by atoms with van der Waals surface area (Å²) in [4.78, 5) is 14.0. The maximum atomic E-state index is 11.8. The van der Waals surface area contributed by atoms with Crippen LogP contribution in [0.15, 0.2) is 18.2 Å². The largest absolute Gasteiger partial charge is 0.397 e. The van der Waals surface area contributed by atoms with Gasteiger partial charge in [-0.3, -0.25) is 4.79 Å². The first kappa shape index (κ1) is 15.8. The van der Waals surface area contributed by atoms with Gasteiger partial charge in [-0.1, -0.05) is 18.5 Å². The quantitative estimate of drug-likeness (QED) is 0.789. The molecule has 0 heterocycles. The third-order valence-corrected chi connectivity index (χ3v) is 3.66. The number of nitrogens with zero attached hydrogens (tertiary/aromatic N) is 1. The van der Waals surface area contributed by atoms with E-state index in [1.54, 1.807) is 18.2 Å². The van der Waals surface area contributed by atoms with Gasteiger partial charge in [-0.2, -0.15) is 0 Å². The lowest BCUT2D eigenvalue weighted by atomic mass is 10.2. The number of halogens is 1.